The maximum absolute atomic E-state index is 12.8. The van der Waals surface area contributed by atoms with E-state index in [1.54, 1.807) is 38.1 Å². The summed E-state index contributed by atoms with van der Waals surface area (Å²) in [4.78, 5) is 60.6. The molecule has 162 valence electrons. The number of aliphatic carboxylic acids is 2. The lowest BCUT2D eigenvalue weighted by Crippen LogP contribution is -2.57. The molecule has 0 bridgehead atoms. The van der Waals surface area contributed by atoms with E-state index in [0.717, 1.165) is 0 Å². The van der Waals surface area contributed by atoms with Crippen LogP contribution in [0.25, 0.3) is 0 Å². The number of rotatable bonds is 8. The molecule has 0 saturated carbocycles. The molecule has 1 heterocycles. The molecule has 0 fully saturated rings. The van der Waals surface area contributed by atoms with Crippen molar-refractivity contribution >= 4 is 41.2 Å². The number of carbonyl (C=O) groups excluding carboxylic acids is 3. The molecular weight excluding hydrogens is 396 g/mol. The van der Waals surface area contributed by atoms with Crippen molar-refractivity contribution in [2.24, 2.45) is 5.92 Å². The van der Waals surface area contributed by atoms with Gasteiger partial charge in [0.05, 0.1) is 11.4 Å². The second-order valence-corrected chi connectivity index (χ2v) is 7.15. The standard InChI is InChI=1S/C19H24N4O7/c1-10(2)16(17(27)21-12(18(28)29)7-8-15(25)26)22-19(30)23-9-14(24)20-11-5-3-4-6-13(11)23/h3-6,10,12,16H,7-9H2,1-2H3,(H,20,24)(H,21,27)(H,22,30)(H,25,26)(H,28,29). The molecular formula is C19H24N4O7. The number of nitrogens with one attached hydrogen (secondary N) is 3. The fraction of sp³-hybridized carbons (Fsp3) is 0.421. The summed E-state index contributed by atoms with van der Waals surface area (Å²) in [7, 11) is 0. The second kappa shape index (κ2) is 9.72. The third-order valence-electron chi connectivity index (χ3n) is 4.51. The number of hydrogen-bond acceptors (Lipinski definition) is 5. The summed E-state index contributed by atoms with van der Waals surface area (Å²) in [6, 6.07) is 3.49. The molecule has 11 heteroatoms. The van der Waals surface area contributed by atoms with E-state index in [-0.39, 0.29) is 13.0 Å². The Kier molecular flexibility index (Phi) is 7.34. The minimum atomic E-state index is -1.41. The van der Waals surface area contributed by atoms with Gasteiger partial charge in [0, 0.05) is 6.42 Å². The average molecular weight is 420 g/mol. The first-order chi connectivity index (χ1) is 14.1. The van der Waals surface area contributed by atoms with Gasteiger partial charge in [-0.2, -0.15) is 0 Å². The molecule has 0 aliphatic carbocycles. The van der Waals surface area contributed by atoms with Gasteiger partial charge in [0.1, 0.15) is 18.6 Å². The summed E-state index contributed by atoms with van der Waals surface area (Å²) in [6.07, 6.45) is -0.732. The number of nitrogens with zero attached hydrogens (tertiary/aromatic N) is 1. The van der Waals surface area contributed by atoms with E-state index in [9.17, 15) is 29.1 Å². The quantitative estimate of drug-likeness (QED) is 0.411. The predicted molar refractivity (Wildman–Crippen MR) is 106 cm³/mol. The van der Waals surface area contributed by atoms with Crippen LogP contribution >= 0.6 is 0 Å². The lowest BCUT2D eigenvalue weighted by molar-refractivity contribution is -0.143. The number of carboxylic acid groups (broad SMARTS) is 2. The summed E-state index contributed by atoms with van der Waals surface area (Å²) < 4.78 is 0. The van der Waals surface area contributed by atoms with Crippen LogP contribution in [0.4, 0.5) is 16.2 Å². The van der Waals surface area contributed by atoms with Crippen LogP contribution in [0.3, 0.4) is 0 Å². The van der Waals surface area contributed by atoms with E-state index in [0.29, 0.717) is 11.4 Å². The first-order valence-corrected chi connectivity index (χ1v) is 9.32. The highest BCUT2D eigenvalue weighted by atomic mass is 16.4. The fourth-order valence-corrected chi connectivity index (χ4v) is 2.95. The number of benzene rings is 1. The van der Waals surface area contributed by atoms with Gasteiger partial charge in [-0.3, -0.25) is 19.3 Å². The molecule has 0 spiro atoms. The zero-order valence-corrected chi connectivity index (χ0v) is 16.5. The zero-order valence-electron chi connectivity index (χ0n) is 16.5. The summed E-state index contributed by atoms with van der Waals surface area (Å²) in [5.41, 5.74) is 0.913. The van der Waals surface area contributed by atoms with Crippen LogP contribution in [0.15, 0.2) is 24.3 Å². The molecule has 4 amide bonds. The van der Waals surface area contributed by atoms with E-state index < -0.39 is 54.2 Å². The highest BCUT2D eigenvalue weighted by molar-refractivity contribution is 6.10. The van der Waals surface area contributed by atoms with Gasteiger partial charge in [0.25, 0.3) is 0 Å². The topological polar surface area (TPSA) is 165 Å². The monoisotopic (exact) mass is 420 g/mol. The van der Waals surface area contributed by atoms with Crippen LogP contribution < -0.4 is 20.9 Å². The Morgan fingerprint density at radius 1 is 1.13 bits per heavy atom. The van der Waals surface area contributed by atoms with Gasteiger partial charge in [0.2, 0.25) is 11.8 Å². The van der Waals surface area contributed by atoms with Crippen molar-refractivity contribution in [1.82, 2.24) is 10.6 Å². The third-order valence-corrected chi connectivity index (χ3v) is 4.51. The molecule has 30 heavy (non-hydrogen) atoms. The van der Waals surface area contributed by atoms with Crippen LogP contribution in [-0.2, 0) is 19.2 Å². The van der Waals surface area contributed by atoms with Crippen LogP contribution in [0, 0.1) is 5.92 Å². The summed E-state index contributed by atoms with van der Waals surface area (Å²) in [5.74, 6) is -4.12. The molecule has 1 aromatic carbocycles. The minimum absolute atomic E-state index is 0.244. The molecule has 1 aliphatic heterocycles. The van der Waals surface area contributed by atoms with Gasteiger partial charge in [0.15, 0.2) is 0 Å². The van der Waals surface area contributed by atoms with Crippen LogP contribution in [0.5, 0.6) is 0 Å². The number of carbonyl (C=O) groups is 5. The number of hydrogen-bond donors (Lipinski definition) is 5. The lowest BCUT2D eigenvalue weighted by atomic mass is 10.0. The maximum Gasteiger partial charge on any atom is 0.326 e. The van der Waals surface area contributed by atoms with E-state index >= 15 is 0 Å². The molecule has 11 nitrogen and oxygen atoms in total. The highest BCUT2D eigenvalue weighted by Gasteiger charge is 2.32. The normalized spacial score (nSPS) is 14.9. The van der Waals surface area contributed by atoms with E-state index in [2.05, 4.69) is 16.0 Å². The van der Waals surface area contributed by atoms with Crippen molar-refractivity contribution in [3.63, 3.8) is 0 Å². The first kappa shape index (κ1) is 22.7. The number of urea groups is 1. The Labute approximate surface area is 172 Å². The fourth-order valence-electron chi connectivity index (χ4n) is 2.95. The van der Waals surface area contributed by atoms with Crippen LogP contribution in [0.1, 0.15) is 26.7 Å². The Bertz CT molecular complexity index is 855. The molecule has 2 atom stereocenters. The first-order valence-electron chi connectivity index (χ1n) is 9.32. The molecule has 0 aromatic heterocycles. The molecule has 5 N–H and O–H groups in total. The Morgan fingerprint density at radius 3 is 2.40 bits per heavy atom. The number of amides is 4. The molecule has 2 unspecified atom stereocenters. The lowest BCUT2D eigenvalue weighted by Gasteiger charge is -2.31. The Morgan fingerprint density at radius 2 is 1.80 bits per heavy atom. The van der Waals surface area contributed by atoms with Gasteiger partial charge in [-0.25, -0.2) is 9.59 Å². The third kappa shape index (κ3) is 5.69. The Hall–Kier alpha value is -3.63. The largest absolute Gasteiger partial charge is 0.481 e. The van der Waals surface area contributed by atoms with Gasteiger partial charge in [-0.15, -0.1) is 0 Å². The smallest absolute Gasteiger partial charge is 0.326 e. The highest BCUT2D eigenvalue weighted by Crippen LogP contribution is 2.28. The number of carboxylic acids is 2. The number of anilines is 2. The van der Waals surface area contributed by atoms with Crippen molar-refractivity contribution in [3.8, 4) is 0 Å². The maximum atomic E-state index is 12.8. The minimum Gasteiger partial charge on any atom is -0.481 e. The van der Waals surface area contributed by atoms with Crippen molar-refractivity contribution in [1.29, 1.82) is 0 Å². The SMILES string of the molecule is CC(C)C(NC(=O)N1CC(=O)Nc2ccccc21)C(=O)NC(CCC(=O)O)C(=O)O. The number of para-hydroxylation sites is 2. The van der Waals surface area contributed by atoms with Gasteiger partial charge < -0.3 is 26.2 Å². The summed E-state index contributed by atoms with van der Waals surface area (Å²) in [5, 5.41) is 25.4. The molecule has 1 aliphatic rings. The number of fused-ring (bicyclic) bond motifs is 1. The van der Waals surface area contributed by atoms with E-state index in [4.69, 9.17) is 5.11 Å². The second-order valence-electron chi connectivity index (χ2n) is 7.15. The Balaban J connectivity index is 2.14. The molecule has 0 radical (unpaired) electrons. The summed E-state index contributed by atoms with van der Waals surface area (Å²) in [6.45, 7) is 3.08. The van der Waals surface area contributed by atoms with Crippen LogP contribution in [-0.4, -0.2) is 58.6 Å². The zero-order chi connectivity index (χ0) is 22.4. The van der Waals surface area contributed by atoms with Gasteiger partial charge in [-0.05, 0) is 24.5 Å². The summed E-state index contributed by atoms with van der Waals surface area (Å²) >= 11 is 0. The van der Waals surface area contributed by atoms with Gasteiger partial charge >= 0.3 is 18.0 Å². The van der Waals surface area contributed by atoms with Crippen LogP contribution in [0.2, 0.25) is 0 Å². The average Bonchev–Trinajstić information content (AvgIpc) is 2.67. The molecule has 2 rings (SSSR count). The molecule has 0 saturated heterocycles. The molecule has 1 aromatic rings. The predicted octanol–water partition coefficient (Wildman–Crippen LogP) is 0.614. The van der Waals surface area contributed by atoms with E-state index in [1.807, 2.05) is 0 Å². The van der Waals surface area contributed by atoms with Gasteiger partial charge in [-0.1, -0.05) is 26.0 Å². The van der Waals surface area contributed by atoms with Crippen molar-refractivity contribution in [3.05, 3.63) is 24.3 Å². The van der Waals surface area contributed by atoms with Crippen molar-refractivity contribution in [2.45, 2.75) is 38.8 Å². The van der Waals surface area contributed by atoms with Crippen molar-refractivity contribution in [2.75, 3.05) is 16.8 Å². The van der Waals surface area contributed by atoms with Crippen molar-refractivity contribution < 1.29 is 34.2 Å². The van der Waals surface area contributed by atoms with E-state index in [1.165, 1.54) is 4.90 Å².